The van der Waals surface area contributed by atoms with E-state index < -0.39 is 0 Å². The molecule has 6 heteroatoms. The van der Waals surface area contributed by atoms with Crippen molar-refractivity contribution in [2.45, 2.75) is 39.3 Å². The first-order valence-electron chi connectivity index (χ1n) is 6.66. The van der Waals surface area contributed by atoms with Crippen LogP contribution in [0.1, 0.15) is 43.5 Å². The number of rotatable bonds is 8. The molecule has 104 valence electrons. The van der Waals surface area contributed by atoms with E-state index in [1.54, 1.807) is 11.3 Å². The third-order valence-electron chi connectivity index (χ3n) is 2.76. The smallest absolute Gasteiger partial charge is 0.316 e. The Balaban J connectivity index is 1.91. The molecule has 0 aromatic carbocycles. The summed E-state index contributed by atoms with van der Waals surface area (Å²) < 4.78 is 5.57. The van der Waals surface area contributed by atoms with Gasteiger partial charge in [-0.25, -0.2) is 0 Å². The average Bonchev–Trinajstić information content (AvgIpc) is 3.07. The zero-order chi connectivity index (χ0) is 13.5. The monoisotopic (exact) mass is 280 g/mol. The van der Waals surface area contributed by atoms with Gasteiger partial charge < -0.3 is 15.1 Å². The molecular weight excluding hydrogens is 260 g/mol. The van der Waals surface area contributed by atoms with E-state index in [9.17, 15) is 0 Å². The van der Waals surface area contributed by atoms with E-state index >= 15 is 0 Å². The minimum Gasteiger partial charge on any atom is -0.407 e. The van der Waals surface area contributed by atoms with Crippen LogP contribution in [0, 0.1) is 0 Å². The third kappa shape index (κ3) is 4.04. The fraction of sp³-hybridized carbons (Fsp3) is 0.538. The van der Waals surface area contributed by atoms with Crippen LogP contribution >= 0.6 is 11.3 Å². The van der Waals surface area contributed by atoms with Crippen LogP contribution in [0.25, 0.3) is 0 Å². The van der Waals surface area contributed by atoms with Crippen LogP contribution in [0.15, 0.2) is 21.9 Å². The zero-order valence-corrected chi connectivity index (χ0v) is 12.2. The summed E-state index contributed by atoms with van der Waals surface area (Å²) in [7, 11) is 0. The lowest BCUT2D eigenvalue weighted by Crippen LogP contribution is -2.13. The summed E-state index contributed by atoms with van der Waals surface area (Å²) in [6.07, 6.45) is 2.07. The lowest BCUT2D eigenvalue weighted by atomic mass is 10.2. The van der Waals surface area contributed by atoms with Crippen LogP contribution in [-0.4, -0.2) is 16.7 Å². The molecule has 2 aromatic rings. The molecule has 0 aliphatic heterocycles. The van der Waals surface area contributed by atoms with Gasteiger partial charge in [0, 0.05) is 4.88 Å². The molecule has 0 saturated carbocycles. The van der Waals surface area contributed by atoms with E-state index in [-0.39, 0.29) is 6.04 Å². The Morgan fingerprint density at radius 2 is 2.26 bits per heavy atom. The Morgan fingerprint density at radius 1 is 1.37 bits per heavy atom. The van der Waals surface area contributed by atoms with Crippen molar-refractivity contribution in [3.8, 4) is 0 Å². The lowest BCUT2D eigenvalue weighted by molar-refractivity contribution is 0.472. The summed E-state index contributed by atoms with van der Waals surface area (Å²) in [5.41, 5.74) is 0. The molecule has 1 unspecified atom stereocenters. The minimum atomic E-state index is 0.233. The summed E-state index contributed by atoms with van der Waals surface area (Å²) in [4.78, 5) is 1.28. The van der Waals surface area contributed by atoms with E-state index in [0.29, 0.717) is 18.5 Å². The normalized spacial score (nSPS) is 12.5. The van der Waals surface area contributed by atoms with Gasteiger partial charge in [-0.05, 0) is 30.8 Å². The van der Waals surface area contributed by atoms with Gasteiger partial charge in [-0.2, -0.15) is 0 Å². The lowest BCUT2D eigenvalue weighted by Gasteiger charge is -2.12. The second kappa shape index (κ2) is 7.25. The molecule has 0 aliphatic rings. The van der Waals surface area contributed by atoms with E-state index in [1.807, 2.05) is 0 Å². The fourth-order valence-electron chi connectivity index (χ4n) is 1.77. The summed E-state index contributed by atoms with van der Waals surface area (Å²) >= 11 is 1.73. The molecule has 0 spiro atoms. The van der Waals surface area contributed by atoms with Gasteiger partial charge in [0.2, 0.25) is 5.89 Å². The predicted octanol–water partition coefficient (Wildman–Crippen LogP) is 3.19. The van der Waals surface area contributed by atoms with Crippen LogP contribution < -0.4 is 10.6 Å². The van der Waals surface area contributed by atoms with Crippen molar-refractivity contribution in [2.75, 3.05) is 11.9 Å². The Bertz CT molecular complexity index is 469. The number of hydrogen-bond donors (Lipinski definition) is 2. The number of anilines is 1. The number of thiophene rings is 1. The highest BCUT2D eigenvalue weighted by Gasteiger charge is 2.13. The maximum atomic E-state index is 5.57. The largest absolute Gasteiger partial charge is 0.407 e. The van der Waals surface area contributed by atoms with Crippen molar-refractivity contribution in [3.63, 3.8) is 0 Å². The van der Waals surface area contributed by atoms with Crippen LogP contribution in [0.4, 0.5) is 6.01 Å². The van der Waals surface area contributed by atoms with Gasteiger partial charge in [-0.3, -0.25) is 0 Å². The number of nitrogens with zero attached hydrogens (tertiary/aromatic N) is 2. The third-order valence-corrected chi connectivity index (χ3v) is 3.75. The summed E-state index contributed by atoms with van der Waals surface area (Å²) in [6, 6.07) is 4.90. The molecule has 0 aliphatic carbocycles. The second-order valence-electron chi connectivity index (χ2n) is 4.30. The van der Waals surface area contributed by atoms with E-state index in [2.05, 4.69) is 52.2 Å². The number of hydrogen-bond acceptors (Lipinski definition) is 6. The van der Waals surface area contributed by atoms with Gasteiger partial charge in [0.15, 0.2) is 0 Å². The highest BCUT2D eigenvalue weighted by molar-refractivity contribution is 7.10. The molecule has 2 rings (SSSR count). The first-order chi connectivity index (χ1) is 9.33. The van der Waals surface area contributed by atoms with Gasteiger partial charge in [0.05, 0.1) is 12.6 Å². The molecule has 0 fully saturated rings. The van der Waals surface area contributed by atoms with E-state index in [0.717, 1.165) is 19.4 Å². The second-order valence-corrected chi connectivity index (χ2v) is 5.28. The van der Waals surface area contributed by atoms with Crippen molar-refractivity contribution in [2.24, 2.45) is 0 Å². The topological polar surface area (TPSA) is 63.0 Å². The maximum Gasteiger partial charge on any atom is 0.316 e. The highest BCUT2D eigenvalue weighted by atomic mass is 32.1. The molecule has 1 atom stereocenters. The van der Waals surface area contributed by atoms with E-state index in [4.69, 9.17) is 4.42 Å². The van der Waals surface area contributed by atoms with E-state index in [1.165, 1.54) is 4.88 Å². The minimum absolute atomic E-state index is 0.233. The van der Waals surface area contributed by atoms with Gasteiger partial charge >= 0.3 is 6.01 Å². The van der Waals surface area contributed by atoms with Crippen molar-refractivity contribution < 1.29 is 4.42 Å². The van der Waals surface area contributed by atoms with Crippen molar-refractivity contribution in [3.05, 3.63) is 28.3 Å². The summed E-state index contributed by atoms with van der Waals surface area (Å²) in [5, 5.41) is 16.6. The molecule has 0 saturated heterocycles. The Kier molecular flexibility index (Phi) is 5.35. The van der Waals surface area contributed by atoms with Crippen molar-refractivity contribution in [1.29, 1.82) is 0 Å². The zero-order valence-electron chi connectivity index (χ0n) is 11.3. The molecule has 2 N–H and O–H groups in total. The van der Waals surface area contributed by atoms with Gasteiger partial charge in [-0.15, -0.1) is 16.4 Å². The Hall–Kier alpha value is -1.40. The Labute approximate surface area is 117 Å². The molecule has 19 heavy (non-hydrogen) atoms. The fourth-order valence-corrected chi connectivity index (χ4v) is 2.63. The molecule has 0 radical (unpaired) electrons. The molecule has 2 aromatic heterocycles. The molecule has 2 heterocycles. The average molecular weight is 280 g/mol. The molecule has 0 bridgehead atoms. The van der Waals surface area contributed by atoms with Gasteiger partial charge in [-0.1, -0.05) is 25.0 Å². The standard InChI is InChI=1S/C13H20N4OS/c1-3-7-14-9-12-16-17-13(18-12)15-10(4-2)11-6-5-8-19-11/h5-6,8,10,14H,3-4,7,9H2,1-2H3,(H,15,17). The van der Waals surface area contributed by atoms with Crippen LogP contribution in [0.3, 0.4) is 0 Å². The van der Waals surface area contributed by atoms with Gasteiger partial charge in [0.1, 0.15) is 0 Å². The summed E-state index contributed by atoms with van der Waals surface area (Å²) in [6.45, 7) is 5.84. The van der Waals surface area contributed by atoms with Crippen LogP contribution in [0.5, 0.6) is 0 Å². The Morgan fingerprint density at radius 3 is 2.95 bits per heavy atom. The maximum absolute atomic E-state index is 5.57. The van der Waals surface area contributed by atoms with Crippen LogP contribution in [0.2, 0.25) is 0 Å². The quantitative estimate of drug-likeness (QED) is 0.727. The van der Waals surface area contributed by atoms with Crippen molar-refractivity contribution >= 4 is 17.4 Å². The predicted molar refractivity (Wildman–Crippen MR) is 77.3 cm³/mol. The highest BCUT2D eigenvalue weighted by Crippen LogP contribution is 2.25. The first kappa shape index (κ1) is 14.0. The number of aromatic nitrogens is 2. The SMILES string of the molecule is CCCNCc1nnc(NC(CC)c2cccs2)o1. The molecular formula is C13H20N4OS. The van der Waals surface area contributed by atoms with Crippen molar-refractivity contribution in [1.82, 2.24) is 15.5 Å². The molecule has 5 nitrogen and oxygen atoms in total. The van der Waals surface area contributed by atoms with Gasteiger partial charge in [0.25, 0.3) is 0 Å². The first-order valence-corrected chi connectivity index (χ1v) is 7.54. The number of nitrogens with one attached hydrogen (secondary N) is 2. The summed E-state index contributed by atoms with van der Waals surface area (Å²) in [5.74, 6) is 0.622. The molecule has 0 amide bonds. The van der Waals surface area contributed by atoms with Crippen LogP contribution in [-0.2, 0) is 6.54 Å².